The minimum atomic E-state index is -0.756. The van der Waals surface area contributed by atoms with E-state index in [2.05, 4.69) is 4.99 Å². The number of para-hydroxylation sites is 1. The minimum absolute atomic E-state index is 0.0862. The summed E-state index contributed by atoms with van der Waals surface area (Å²) < 4.78 is 0. The Morgan fingerprint density at radius 2 is 1.89 bits per heavy atom. The number of benzene rings is 2. The molecule has 0 atom stereocenters. The summed E-state index contributed by atoms with van der Waals surface area (Å²) in [7, 11) is 0. The van der Waals surface area contributed by atoms with Crippen LogP contribution in [-0.4, -0.2) is 11.1 Å². The van der Waals surface area contributed by atoms with Gasteiger partial charge in [-0.3, -0.25) is 15.1 Å². The summed E-state index contributed by atoms with van der Waals surface area (Å²) in [6.07, 6.45) is 1.27. The Bertz CT molecular complexity index is 642. The van der Waals surface area contributed by atoms with Crippen LogP contribution in [0.15, 0.2) is 47.5 Å². The fraction of sp³-hybridized carbons (Fsp3) is 0. The SMILES string of the molecule is O=[N+]([O-])c1cc(Cl)cc(C=Nc2ccccc2)c1[O-]. The van der Waals surface area contributed by atoms with Crippen LogP contribution in [0.1, 0.15) is 5.56 Å². The number of halogens is 1. The third-order valence-corrected chi connectivity index (χ3v) is 2.59. The second kappa shape index (κ2) is 5.49. The Morgan fingerprint density at radius 1 is 1.21 bits per heavy atom. The van der Waals surface area contributed by atoms with Gasteiger partial charge in [-0.15, -0.1) is 0 Å². The van der Waals surface area contributed by atoms with Gasteiger partial charge in [-0.25, -0.2) is 0 Å². The molecule has 0 saturated heterocycles. The monoisotopic (exact) mass is 275 g/mol. The average molecular weight is 276 g/mol. The van der Waals surface area contributed by atoms with Gasteiger partial charge in [0.2, 0.25) is 0 Å². The molecule has 2 rings (SSSR count). The first-order chi connectivity index (χ1) is 9.08. The maximum absolute atomic E-state index is 11.8. The molecule has 0 fully saturated rings. The van der Waals surface area contributed by atoms with Crippen LogP contribution in [0.3, 0.4) is 0 Å². The normalized spacial score (nSPS) is 10.8. The topological polar surface area (TPSA) is 78.6 Å². The fourth-order valence-corrected chi connectivity index (χ4v) is 1.71. The molecule has 2 aromatic carbocycles. The summed E-state index contributed by atoms with van der Waals surface area (Å²) >= 11 is 5.74. The number of nitrogens with zero attached hydrogens (tertiary/aromatic N) is 2. The molecule has 0 aliphatic rings. The van der Waals surface area contributed by atoms with E-state index in [1.54, 1.807) is 24.3 Å². The standard InChI is InChI=1S/C13H9ClN2O3/c14-10-6-9(13(17)12(7-10)16(18)19)8-15-11-4-2-1-3-5-11/h1-8,17H/p-1. The third kappa shape index (κ3) is 3.08. The zero-order valence-corrected chi connectivity index (χ0v) is 10.4. The van der Waals surface area contributed by atoms with Gasteiger partial charge in [-0.05, 0) is 29.5 Å². The summed E-state index contributed by atoms with van der Waals surface area (Å²) in [6.45, 7) is 0. The Morgan fingerprint density at radius 3 is 2.53 bits per heavy atom. The van der Waals surface area contributed by atoms with Crippen molar-refractivity contribution in [3.05, 3.63) is 63.2 Å². The minimum Gasteiger partial charge on any atom is -0.867 e. The van der Waals surface area contributed by atoms with Crippen molar-refractivity contribution in [3.63, 3.8) is 0 Å². The Labute approximate surface area is 113 Å². The van der Waals surface area contributed by atoms with E-state index >= 15 is 0 Å². The molecule has 0 aliphatic heterocycles. The highest BCUT2D eigenvalue weighted by molar-refractivity contribution is 6.31. The van der Waals surface area contributed by atoms with Crippen LogP contribution in [0.5, 0.6) is 5.75 Å². The highest BCUT2D eigenvalue weighted by Crippen LogP contribution is 2.30. The fourth-order valence-electron chi connectivity index (χ4n) is 1.49. The Hall–Kier alpha value is -2.40. The molecule has 0 aliphatic carbocycles. The predicted molar refractivity (Wildman–Crippen MR) is 71.2 cm³/mol. The number of aliphatic imine (C=N–C) groups is 1. The van der Waals surface area contributed by atoms with Crippen molar-refractivity contribution in [1.29, 1.82) is 0 Å². The molecule has 19 heavy (non-hydrogen) atoms. The van der Waals surface area contributed by atoms with Crippen LogP contribution in [0.4, 0.5) is 11.4 Å². The third-order valence-electron chi connectivity index (χ3n) is 2.37. The Kier molecular flexibility index (Phi) is 3.77. The molecule has 0 spiro atoms. The van der Waals surface area contributed by atoms with E-state index in [-0.39, 0.29) is 10.6 Å². The summed E-state index contributed by atoms with van der Waals surface area (Å²) in [5.41, 5.74) is 0.176. The van der Waals surface area contributed by atoms with E-state index < -0.39 is 16.4 Å². The summed E-state index contributed by atoms with van der Waals surface area (Å²) in [5, 5.41) is 22.6. The molecule has 0 amide bonds. The van der Waals surface area contributed by atoms with E-state index in [9.17, 15) is 15.2 Å². The molecule has 0 heterocycles. The maximum Gasteiger partial charge on any atom is 0.263 e. The van der Waals surface area contributed by atoms with Crippen molar-refractivity contribution in [3.8, 4) is 5.75 Å². The first-order valence-electron chi connectivity index (χ1n) is 5.32. The highest BCUT2D eigenvalue weighted by Gasteiger charge is 2.11. The van der Waals surface area contributed by atoms with Gasteiger partial charge in [-0.1, -0.05) is 29.8 Å². The van der Waals surface area contributed by atoms with Crippen LogP contribution >= 0.6 is 11.6 Å². The molecular formula is C13H8ClN2O3-. The van der Waals surface area contributed by atoms with Crippen molar-refractivity contribution in [2.45, 2.75) is 0 Å². The average Bonchev–Trinajstić information content (AvgIpc) is 2.40. The van der Waals surface area contributed by atoms with Crippen LogP contribution in [0, 0.1) is 10.1 Å². The number of nitro groups is 1. The predicted octanol–water partition coefficient (Wildman–Crippen LogP) is 3.07. The lowest BCUT2D eigenvalue weighted by Gasteiger charge is -2.10. The first-order valence-corrected chi connectivity index (χ1v) is 5.70. The van der Waals surface area contributed by atoms with E-state index in [4.69, 9.17) is 11.6 Å². The van der Waals surface area contributed by atoms with Gasteiger partial charge in [-0.2, -0.15) is 0 Å². The van der Waals surface area contributed by atoms with Crippen LogP contribution in [0.2, 0.25) is 5.02 Å². The van der Waals surface area contributed by atoms with E-state index in [1.807, 2.05) is 6.07 Å². The lowest BCUT2D eigenvalue weighted by molar-refractivity contribution is -0.398. The van der Waals surface area contributed by atoms with E-state index in [0.29, 0.717) is 5.69 Å². The van der Waals surface area contributed by atoms with Gasteiger partial charge in [0.05, 0.1) is 10.6 Å². The number of rotatable bonds is 3. The lowest BCUT2D eigenvalue weighted by Crippen LogP contribution is -2.02. The molecule has 0 saturated carbocycles. The van der Waals surface area contributed by atoms with Gasteiger partial charge in [0.1, 0.15) is 0 Å². The molecule has 0 unspecified atom stereocenters. The number of hydrogen-bond donors (Lipinski definition) is 0. The van der Waals surface area contributed by atoms with E-state index in [0.717, 1.165) is 6.07 Å². The molecule has 96 valence electrons. The van der Waals surface area contributed by atoms with Crippen molar-refractivity contribution in [2.24, 2.45) is 4.99 Å². The maximum atomic E-state index is 11.8. The zero-order chi connectivity index (χ0) is 13.8. The zero-order valence-electron chi connectivity index (χ0n) is 9.62. The molecule has 2 aromatic rings. The van der Waals surface area contributed by atoms with Crippen molar-refractivity contribution >= 4 is 29.2 Å². The highest BCUT2D eigenvalue weighted by atomic mass is 35.5. The van der Waals surface area contributed by atoms with Crippen LogP contribution in [-0.2, 0) is 0 Å². The van der Waals surface area contributed by atoms with Crippen LogP contribution in [0.25, 0.3) is 0 Å². The summed E-state index contributed by atoms with van der Waals surface area (Å²) in [4.78, 5) is 14.0. The molecule has 0 radical (unpaired) electrons. The largest absolute Gasteiger partial charge is 0.867 e. The Balaban J connectivity index is 2.41. The first kappa shape index (κ1) is 13.0. The van der Waals surface area contributed by atoms with E-state index in [1.165, 1.54) is 12.3 Å². The molecular weight excluding hydrogens is 268 g/mol. The lowest BCUT2D eigenvalue weighted by atomic mass is 10.2. The summed E-state index contributed by atoms with van der Waals surface area (Å²) in [5.74, 6) is -0.700. The molecule has 6 heteroatoms. The second-order valence-electron chi connectivity index (χ2n) is 3.69. The smallest absolute Gasteiger partial charge is 0.263 e. The van der Waals surface area contributed by atoms with Gasteiger partial charge < -0.3 is 5.11 Å². The van der Waals surface area contributed by atoms with Crippen LogP contribution < -0.4 is 5.11 Å². The van der Waals surface area contributed by atoms with Gasteiger partial charge in [0.25, 0.3) is 5.69 Å². The van der Waals surface area contributed by atoms with Gasteiger partial charge in [0.15, 0.2) is 0 Å². The summed E-state index contributed by atoms with van der Waals surface area (Å²) in [6, 6.07) is 11.3. The molecule has 0 N–H and O–H groups in total. The second-order valence-corrected chi connectivity index (χ2v) is 4.13. The van der Waals surface area contributed by atoms with Gasteiger partial charge >= 0.3 is 0 Å². The molecule has 5 nitrogen and oxygen atoms in total. The van der Waals surface area contributed by atoms with Crippen molar-refractivity contribution < 1.29 is 10.0 Å². The quantitative estimate of drug-likeness (QED) is 0.490. The van der Waals surface area contributed by atoms with Crippen molar-refractivity contribution in [1.82, 2.24) is 0 Å². The molecule has 0 aromatic heterocycles. The number of nitro benzene ring substituents is 1. The van der Waals surface area contributed by atoms with Crippen molar-refractivity contribution in [2.75, 3.05) is 0 Å². The number of hydrogen-bond acceptors (Lipinski definition) is 4. The van der Waals surface area contributed by atoms with Gasteiger partial charge in [0, 0.05) is 17.3 Å². The molecule has 0 bridgehead atoms.